The van der Waals surface area contributed by atoms with Crippen LogP contribution in [0.1, 0.15) is 11.8 Å². The summed E-state index contributed by atoms with van der Waals surface area (Å²) in [5.74, 6) is 0.862. The van der Waals surface area contributed by atoms with Crippen molar-refractivity contribution < 1.29 is 9.47 Å². The van der Waals surface area contributed by atoms with E-state index >= 15 is 0 Å². The summed E-state index contributed by atoms with van der Waals surface area (Å²) in [4.78, 5) is 2.30. The first kappa shape index (κ1) is 14.8. The molecule has 1 fully saturated rings. The van der Waals surface area contributed by atoms with Crippen LogP contribution in [0.15, 0.2) is 73.1 Å². The molecule has 2 heterocycles. The third kappa shape index (κ3) is 2.76. The number of hydrogen-bond donors (Lipinski definition) is 0. The first-order valence-electron chi connectivity index (χ1n) is 8.11. The Hall–Kier alpha value is -2.72. The Kier molecular flexibility index (Phi) is 3.97. The summed E-state index contributed by atoms with van der Waals surface area (Å²) >= 11 is 0. The van der Waals surface area contributed by atoms with Crippen LogP contribution in [0.3, 0.4) is 0 Å². The number of hydrogen-bond acceptors (Lipinski definition) is 3. The van der Waals surface area contributed by atoms with Crippen LogP contribution in [0.25, 0.3) is 5.69 Å². The third-order valence-electron chi connectivity index (χ3n) is 4.35. The van der Waals surface area contributed by atoms with E-state index in [0.717, 1.165) is 30.2 Å². The highest BCUT2D eigenvalue weighted by atomic mass is 16.5. The minimum atomic E-state index is -0.0353. The minimum Gasteiger partial charge on any atom is -0.497 e. The van der Waals surface area contributed by atoms with Gasteiger partial charge in [-0.2, -0.15) is 0 Å². The van der Waals surface area contributed by atoms with Crippen LogP contribution in [0.4, 0.5) is 5.69 Å². The van der Waals surface area contributed by atoms with Crippen LogP contribution in [0, 0.1) is 0 Å². The molecule has 0 N–H and O–H groups in total. The summed E-state index contributed by atoms with van der Waals surface area (Å²) in [6.45, 7) is 1.65. The standard InChI is InChI=1S/C20H20N2O2/c1-23-19-9-7-17(8-10-19)21-12-11-16(15-21)20-22(13-14-24-20)18-5-3-2-4-6-18/h2-12,15,20H,13-14H2,1H3/t20-/m1/s1. The molecule has 1 atom stereocenters. The second-order valence-electron chi connectivity index (χ2n) is 5.80. The molecule has 4 nitrogen and oxygen atoms in total. The average Bonchev–Trinajstić information content (AvgIpc) is 3.32. The van der Waals surface area contributed by atoms with Crippen molar-refractivity contribution in [2.45, 2.75) is 6.23 Å². The van der Waals surface area contributed by atoms with E-state index in [-0.39, 0.29) is 6.23 Å². The average molecular weight is 320 g/mol. The van der Waals surface area contributed by atoms with E-state index in [0.29, 0.717) is 0 Å². The lowest BCUT2D eigenvalue weighted by Gasteiger charge is -2.24. The molecule has 0 unspecified atom stereocenters. The summed E-state index contributed by atoms with van der Waals surface area (Å²) in [6, 6.07) is 20.6. The van der Waals surface area contributed by atoms with Crippen LogP contribution in [-0.2, 0) is 4.74 Å². The molecule has 24 heavy (non-hydrogen) atoms. The van der Waals surface area contributed by atoms with Gasteiger partial charge < -0.3 is 18.9 Å². The highest BCUT2D eigenvalue weighted by Crippen LogP contribution is 2.32. The molecule has 4 rings (SSSR count). The van der Waals surface area contributed by atoms with Gasteiger partial charge in [-0.15, -0.1) is 0 Å². The molecule has 122 valence electrons. The van der Waals surface area contributed by atoms with Gasteiger partial charge in [-0.05, 0) is 42.5 Å². The van der Waals surface area contributed by atoms with Crippen LogP contribution in [0.5, 0.6) is 5.75 Å². The molecule has 0 bridgehead atoms. The number of anilines is 1. The fourth-order valence-corrected chi connectivity index (χ4v) is 3.10. The van der Waals surface area contributed by atoms with E-state index in [1.807, 2.05) is 30.3 Å². The number of nitrogens with zero attached hydrogens (tertiary/aromatic N) is 2. The second kappa shape index (κ2) is 6.42. The van der Waals surface area contributed by atoms with E-state index in [2.05, 4.69) is 52.2 Å². The summed E-state index contributed by atoms with van der Waals surface area (Å²) in [7, 11) is 1.68. The number of rotatable bonds is 4. The Morgan fingerprint density at radius 3 is 2.50 bits per heavy atom. The smallest absolute Gasteiger partial charge is 0.158 e. The number of benzene rings is 2. The zero-order valence-corrected chi connectivity index (χ0v) is 13.6. The number of aromatic nitrogens is 1. The van der Waals surface area contributed by atoms with Crippen molar-refractivity contribution in [3.05, 3.63) is 78.6 Å². The van der Waals surface area contributed by atoms with Gasteiger partial charge in [0.1, 0.15) is 5.75 Å². The molecule has 1 aliphatic heterocycles. The van der Waals surface area contributed by atoms with Gasteiger partial charge in [-0.25, -0.2) is 0 Å². The van der Waals surface area contributed by atoms with Gasteiger partial charge in [0.05, 0.1) is 13.7 Å². The van der Waals surface area contributed by atoms with Crippen molar-refractivity contribution in [1.29, 1.82) is 0 Å². The predicted molar refractivity (Wildman–Crippen MR) is 94.8 cm³/mol. The van der Waals surface area contributed by atoms with Crippen molar-refractivity contribution in [1.82, 2.24) is 4.57 Å². The van der Waals surface area contributed by atoms with E-state index < -0.39 is 0 Å². The highest BCUT2D eigenvalue weighted by molar-refractivity contribution is 5.49. The van der Waals surface area contributed by atoms with Gasteiger partial charge in [0.15, 0.2) is 6.23 Å². The molecular weight excluding hydrogens is 300 g/mol. The third-order valence-corrected chi connectivity index (χ3v) is 4.35. The van der Waals surface area contributed by atoms with E-state index in [4.69, 9.17) is 9.47 Å². The second-order valence-corrected chi connectivity index (χ2v) is 5.80. The highest BCUT2D eigenvalue weighted by Gasteiger charge is 2.27. The monoisotopic (exact) mass is 320 g/mol. The Balaban J connectivity index is 1.59. The quantitative estimate of drug-likeness (QED) is 0.726. The van der Waals surface area contributed by atoms with Crippen molar-refractivity contribution in [2.75, 3.05) is 25.2 Å². The van der Waals surface area contributed by atoms with Gasteiger partial charge in [0.2, 0.25) is 0 Å². The van der Waals surface area contributed by atoms with E-state index in [1.54, 1.807) is 7.11 Å². The summed E-state index contributed by atoms with van der Waals surface area (Å²) in [5, 5.41) is 0. The topological polar surface area (TPSA) is 26.6 Å². The van der Waals surface area contributed by atoms with Crippen molar-refractivity contribution in [3.8, 4) is 11.4 Å². The summed E-state index contributed by atoms with van der Waals surface area (Å²) in [5.41, 5.74) is 3.45. The Bertz CT molecular complexity index is 796. The number of ether oxygens (including phenoxy) is 2. The zero-order valence-electron chi connectivity index (χ0n) is 13.6. The SMILES string of the molecule is COc1ccc(-n2ccc([C@H]3OCCN3c3ccccc3)c2)cc1. The molecule has 0 amide bonds. The zero-order chi connectivity index (χ0) is 16.4. The van der Waals surface area contributed by atoms with Crippen LogP contribution in [-0.4, -0.2) is 24.8 Å². The van der Waals surface area contributed by atoms with Crippen molar-refractivity contribution in [2.24, 2.45) is 0 Å². The molecule has 2 aromatic carbocycles. The normalized spacial score (nSPS) is 17.2. The Morgan fingerprint density at radius 1 is 0.958 bits per heavy atom. The molecule has 1 saturated heterocycles. The van der Waals surface area contributed by atoms with E-state index in [1.165, 1.54) is 5.69 Å². The van der Waals surface area contributed by atoms with Crippen LogP contribution < -0.4 is 9.64 Å². The van der Waals surface area contributed by atoms with Crippen LogP contribution in [0.2, 0.25) is 0 Å². The predicted octanol–water partition coefficient (Wildman–Crippen LogP) is 4.02. The van der Waals surface area contributed by atoms with Gasteiger partial charge in [0.25, 0.3) is 0 Å². The maximum absolute atomic E-state index is 5.98. The van der Waals surface area contributed by atoms with Gasteiger partial charge in [-0.3, -0.25) is 0 Å². The fraction of sp³-hybridized carbons (Fsp3) is 0.200. The summed E-state index contributed by atoms with van der Waals surface area (Å²) in [6.07, 6.45) is 4.17. The first-order valence-corrected chi connectivity index (χ1v) is 8.11. The van der Waals surface area contributed by atoms with Gasteiger partial charge in [0, 0.05) is 35.9 Å². The lowest BCUT2D eigenvalue weighted by atomic mass is 10.2. The largest absolute Gasteiger partial charge is 0.497 e. The maximum atomic E-state index is 5.98. The summed E-state index contributed by atoms with van der Waals surface area (Å²) < 4.78 is 13.3. The lowest BCUT2D eigenvalue weighted by Crippen LogP contribution is -2.22. The molecule has 1 aliphatic rings. The number of methoxy groups -OCH3 is 1. The molecule has 0 saturated carbocycles. The lowest BCUT2D eigenvalue weighted by molar-refractivity contribution is 0.114. The molecule has 0 spiro atoms. The molecule has 4 heteroatoms. The van der Waals surface area contributed by atoms with Gasteiger partial charge >= 0.3 is 0 Å². The molecule has 0 aliphatic carbocycles. The molecule has 1 aromatic heterocycles. The number of para-hydroxylation sites is 1. The Morgan fingerprint density at radius 2 is 1.75 bits per heavy atom. The Labute approximate surface area is 141 Å². The molecule has 3 aromatic rings. The molecular formula is C20H20N2O2. The van der Waals surface area contributed by atoms with Crippen LogP contribution >= 0.6 is 0 Å². The van der Waals surface area contributed by atoms with Gasteiger partial charge in [-0.1, -0.05) is 18.2 Å². The van der Waals surface area contributed by atoms with E-state index in [9.17, 15) is 0 Å². The molecule has 0 radical (unpaired) electrons. The first-order chi connectivity index (χ1) is 11.8. The minimum absolute atomic E-state index is 0.0353. The maximum Gasteiger partial charge on any atom is 0.158 e. The fourth-order valence-electron chi connectivity index (χ4n) is 3.10. The van der Waals surface area contributed by atoms with Crippen molar-refractivity contribution >= 4 is 5.69 Å². The van der Waals surface area contributed by atoms with Crippen molar-refractivity contribution in [3.63, 3.8) is 0 Å².